The molecule has 0 radical (unpaired) electrons. The Bertz CT molecular complexity index is 949. The summed E-state index contributed by atoms with van der Waals surface area (Å²) in [5.41, 5.74) is 5.27. The molecule has 0 saturated carbocycles. The zero-order valence-corrected chi connectivity index (χ0v) is 20.4. The third-order valence-corrected chi connectivity index (χ3v) is 9.01. The maximum atomic E-state index is 12.9. The summed E-state index contributed by atoms with van der Waals surface area (Å²) < 4.78 is 5.55. The van der Waals surface area contributed by atoms with Gasteiger partial charge < -0.3 is 14.5 Å². The molecular formula is C27H36N2O2S. The van der Waals surface area contributed by atoms with Crippen LogP contribution < -0.4 is 0 Å². The van der Waals surface area contributed by atoms with Gasteiger partial charge in [-0.15, -0.1) is 11.3 Å². The predicted molar refractivity (Wildman–Crippen MR) is 132 cm³/mol. The van der Waals surface area contributed by atoms with Crippen LogP contribution in [0.2, 0.25) is 0 Å². The smallest absolute Gasteiger partial charge is 0.264 e. The molecule has 4 nitrogen and oxygen atoms in total. The normalized spacial score (nSPS) is 21.4. The number of carbonyl (C=O) groups is 1. The monoisotopic (exact) mass is 452 g/mol. The second-order valence-corrected chi connectivity index (χ2v) is 10.9. The number of rotatable bonds is 4. The highest BCUT2D eigenvalue weighted by Gasteiger charge is 2.28. The lowest BCUT2D eigenvalue weighted by molar-refractivity contribution is 0.0251. The summed E-state index contributed by atoms with van der Waals surface area (Å²) in [4.78, 5) is 19.8. The number of aryl methyl sites for hydroxylation is 2. The first-order chi connectivity index (χ1) is 15.6. The highest BCUT2D eigenvalue weighted by molar-refractivity contribution is 7.17. The van der Waals surface area contributed by atoms with E-state index in [4.69, 9.17) is 4.74 Å². The fraction of sp³-hybridized carbons (Fsp3) is 0.593. The number of ether oxygens (including phenoxy) is 1. The van der Waals surface area contributed by atoms with Gasteiger partial charge in [-0.3, -0.25) is 4.79 Å². The van der Waals surface area contributed by atoms with Gasteiger partial charge in [0.05, 0.1) is 4.88 Å². The molecule has 0 N–H and O–H groups in total. The topological polar surface area (TPSA) is 32.8 Å². The molecule has 0 aliphatic carbocycles. The SMILES string of the molecule is Cc1cc(-c2cc(C)c(C(=O)N3CCCC3)s2)ccc1C1CCN(C2CCOCC2)CC1. The van der Waals surface area contributed by atoms with E-state index in [1.165, 1.54) is 60.3 Å². The van der Waals surface area contributed by atoms with E-state index in [2.05, 4.69) is 43.0 Å². The van der Waals surface area contributed by atoms with E-state index in [1.54, 1.807) is 11.3 Å². The van der Waals surface area contributed by atoms with Gasteiger partial charge in [0.25, 0.3) is 5.91 Å². The fourth-order valence-electron chi connectivity index (χ4n) is 5.81. The molecule has 5 rings (SSSR count). The number of hydrogen-bond acceptors (Lipinski definition) is 4. The number of hydrogen-bond donors (Lipinski definition) is 0. The van der Waals surface area contributed by atoms with Gasteiger partial charge >= 0.3 is 0 Å². The van der Waals surface area contributed by atoms with E-state index in [0.717, 1.165) is 55.6 Å². The molecule has 4 heterocycles. The van der Waals surface area contributed by atoms with Gasteiger partial charge in [-0.25, -0.2) is 0 Å². The molecule has 0 unspecified atom stereocenters. The van der Waals surface area contributed by atoms with Crippen LogP contribution in [0, 0.1) is 13.8 Å². The molecule has 1 aromatic heterocycles. The van der Waals surface area contributed by atoms with Crippen molar-refractivity contribution in [2.75, 3.05) is 39.4 Å². The van der Waals surface area contributed by atoms with Crippen molar-refractivity contribution in [1.29, 1.82) is 0 Å². The fourth-order valence-corrected chi connectivity index (χ4v) is 6.95. The molecule has 172 valence electrons. The van der Waals surface area contributed by atoms with Gasteiger partial charge in [0, 0.05) is 37.2 Å². The zero-order chi connectivity index (χ0) is 22.1. The summed E-state index contributed by atoms with van der Waals surface area (Å²) >= 11 is 1.67. The molecule has 3 aliphatic rings. The number of nitrogens with zero attached hydrogens (tertiary/aromatic N) is 2. The lowest BCUT2D eigenvalue weighted by Crippen LogP contribution is -2.43. The summed E-state index contributed by atoms with van der Waals surface area (Å²) in [5, 5.41) is 0. The van der Waals surface area contributed by atoms with E-state index >= 15 is 0 Å². The van der Waals surface area contributed by atoms with Crippen LogP contribution in [0.3, 0.4) is 0 Å². The lowest BCUT2D eigenvalue weighted by Gasteiger charge is -2.39. The second-order valence-electron chi connectivity index (χ2n) is 9.85. The van der Waals surface area contributed by atoms with Crippen LogP contribution in [0.15, 0.2) is 24.3 Å². The first-order valence-corrected chi connectivity index (χ1v) is 13.2. The first kappa shape index (κ1) is 22.1. The van der Waals surface area contributed by atoms with Crippen LogP contribution in [0.25, 0.3) is 10.4 Å². The van der Waals surface area contributed by atoms with Crippen LogP contribution in [-0.2, 0) is 4.74 Å². The van der Waals surface area contributed by atoms with E-state index in [9.17, 15) is 4.79 Å². The molecule has 3 fully saturated rings. The van der Waals surface area contributed by atoms with Crippen molar-refractivity contribution in [2.24, 2.45) is 0 Å². The average molecular weight is 453 g/mol. The third kappa shape index (κ3) is 4.52. The molecular weight excluding hydrogens is 416 g/mol. The summed E-state index contributed by atoms with van der Waals surface area (Å²) in [6.07, 6.45) is 7.17. The van der Waals surface area contributed by atoms with E-state index in [1.807, 2.05) is 4.90 Å². The minimum atomic E-state index is 0.223. The minimum absolute atomic E-state index is 0.223. The maximum Gasteiger partial charge on any atom is 0.264 e. The van der Waals surface area contributed by atoms with Gasteiger partial charge in [-0.2, -0.15) is 0 Å². The van der Waals surface area contributed by atoms with Gasteiger partial charge in [0.15, 0.2) is 0 Å². The molecule has 0 bridgehead atoms. The first-order valence-electron chi connectivity index (χ1n) is 12.4. The molecule has 0 spiro atoms. The van der Waals surface area contributed by atoms with Crippen LogP contribution in [0.4, 0.5) is 0 Å². The lowest BCUT2D eigenvalue weighted by atomic mass is 9.85. The molecule has 5 heteroatoms. The summed E-state index contributed by atoms with van der Waals surface area (Å²) in [6.45, 7) is 10.4. The molecule has 1 aromatic carbocycles. The van der Waals surface area contributed by atoms with E-state index in [-0.39, 0.29) is 5.91 Å². The highest BCUT2D eigenvalue weighted by Crippen LogP contribution is 2.37. The Hall–Kier alpha value is -1.69. The Labute approximate surface area is 196 Å². The molecule has 32 heavy (non-hydrogen) atoms. The standard InChI is InChI=1S/C27H36N2O2S/c1-19-17-22(25-18-20(2)26(32-25)27(30)29-11-3-4-12-29)5-6-24(19)21-7-13-28(14-8-21)23-9-15-31-16-10-23/h5-6,17-18,21,23H,3-4,7-16H2,1-2H3. The number of piperidine rings is 1. The quantitative estimate of drug-likeness (QED) is 0.603. The highest BCUT2D eigenvalue weighted by atomic mass is 32.1. The van der Waals surface area contributed by atoms with Crippen molar-refractivity contribution >= 4 is 17.2 Å². The number of carbonyl (C=O) groups excluding carboxylic acids is 1. The third-order valence-electron chi connectivity index (χ3n) is 7.74. The summed E-state index contributed by atoms with van der Waals surface area (Å²) in [5.74, 6) is 0.887. The Morgan fingerprint density at radius 2 is 1.66 bits per heavy atom. The molecule has 0 atom stereocenters. The number of benzene rings is 1. The van der Waals surface area contributed by atoms with E-state index < -0.39 is 0 Å². The Morgan fingerprint density at radius 3 is 2.34 bits per heavy atom. The summed E-state index contributed by atoms with van der Waals surface area (Å²) in [7, 11) is 0. The van der Waals surface area contributed by atoms with Gasteiger partial charge in [0.1, 0.15) is 0 Å². The van der Waals surface area contributed by atoms with Crippen LogP contribution >= 0.6 is 11.3 Å². The Balaban J connectivity index is 1.27. The van der Waals surface area contributed by atoms with Gasteiger partial charge in [-0.1, -0.05) is 18.2 Å². The van der Waals surface area contributed by atoms with Crippen LogP contribution in [0.1, 0.15) is 70.8 Å². The zero-order valence-electron chi connectivity index (χ0n) is 19.6. The van der Waals surface area contributed by atoms with Crippen LogP contribution in [-0.4, -0.2) is 61.1 Å². The van der Waals surface area contributed by atoms with Gasteiger partial charge in [-0.05, 0) is 99.7 Å². The van der Waals surface area contributed by atoms with Crippen molar-refractivity contribution in [2.45, 2.75) is 64.3 Å². The van der Waals surface area contributed by atoms with Crippen molar-refractivity contribution < 1.29 is 9.53 Å². The minimum Gasteiger partial charge on any atom is -0.381 e. The number of amides is 1. The second kappa shape index (κ2) is 9.66. The van der Waals surface area contributed by atoms with Crippen molar-refractivity contribution in [3.63, 3.8) is 0 Å². The Morgan fingerprint density at radius 1 is 0.938 bits per heavy atom. The maximum absolute atomic E-state index is 12.9. The van der Waals surface area contributed by atoms with Crippen molar-refractivity contribution in [3.05, 3.63) is 45.8 Å². The number of likely N-dealkylation sites (tertiary alicyclic amines) is 2. The number of thiophene rings is 1. The van der Waals surface area contributed by atoms with Crippen molar-refractivity contribution in [3.8, 4) is 10.4 Å². The largest absolute Gasteiger partial charge is 0.381 e. The average Bonchev–Trinajstić information content (AvgIpc) is 3.50. The van der Waals surface area contributed by atoms with Gasteiger partial charge in [0.2, 0.25) is 0 Å². The Kier molecular flexibility index (Phi) is 6.68. The molecule has 1 amide bonds. The predicted octanol–water partition coefficient (Wildman–Crippen LogP) is 5.63. The molecule has 3 aliphatic heterocycles. The molecule has 3 saturated heterocycles. The van der Waals surface area contributed by atoms with Crippen molar-refractivity contribution in [1.82, 2.24) is 9.80 Å². The van der Waals surface area contributed by atoms with Crippen LogP contribution in [0.5, 0.6) is 0 Å². The van der Waals surface area contributed by atoms with E-state index in [0.29, 0.717) is 5.92 Å². The summed E-state index contributed by atoms with van der Waals surface area (Å²) in [6, 6.07) is 9.91. The molecule has 2 aromatic rings.